The van der Waals surface area contributed by atoms with E-state index < -0.39 is 44.7 Å². The van der Waals surface area contributed by atoms with Crippen molar-refractivity contribution in [1.29, 1.82) is 0 Å². The summed E-state index contributed by atoms with van der Waals surface area (Å²) in [7, 11) is -3.83. The Morgan fingerprint density at radius 1 is 1.23 bits per heavy atom. The molecule has 0 spiro atoms. The van der Waals surface area contributed by atoms with Crippen LogP contribution in [0.3, 0.4) is 0 Å². The lowest BCUT2D eigenvalue weighted by Gasteiger charge is -2.31. The molecule has 1 aromatic heterocycles. The average Bonchev–Trinajstić information content (AvgIpc) is 3.18. The second-order valence-corrected chi connectivity index (χ2v) is 10.1. The number of aliphatic imine (C=N–C) groups is 1. The standard InChI is InChI=1S/C22H25F2N7O3S/c1-3-8-35(33,34)31-16-5-4-15(23)17(19(16)24)20(32)14-11-27-22(2)18(14)21(26-12-28-22)25-9-13-6-7-29-30-10-13/h4-7,10-12,20,25,27,31-32H,3,8-9H2,1-2H3,(H,26,28). The van der Waals surface area contributed by atoms with Crippen LogP contribution in [0.1, 0.15) is 37.5 Å². The van der Waals surface area contributed by atoms with Crippen LogP contribution in [0, 0.1) is 11.6 Å². The van der Waals surface area contributed by atoms with Crippen molar-refractivity contribution in [1.82, 2.24) is 26.1 Å². The topological polar surface area (TPSA) is 141 Å². The third kappa shape index (κ3) is 4.95. The number of hydrogen-bond donors (Lipinski definition) is 5. The molecule has 35 heavy (non-hydrogen) atoms. The number of halogens is 2. The number of aliphatic hydroxyl groups excluding tert-OH is 1. The van der Waals surface area contributed by atoms with E-state index in [0.717, 1.165) is 17.7 Å². The van der Waals surface area contributed by atoms with Crippen molar-refractivity contribution in [2.45, 2.75) is 38.6 Å². The second kappa shape index (κ2) is 9.58. The maximum Gasteiger partial charge on any atom is 0.232 e. The highest BCUT2D eigenvalue weighted by molar-refractivity contribution is 7.92. The van der Waals surface area contributed by atoms with Gasteiger partial charge in [0.25, 0.3) is 0 Å². The van der Waals surface area contributed by atoms with Crippen LogP contribution in [0.15, 0.2) is 58.8 Å². The molecule has 2 atom stereocenters. The Morgan fingerprint density at radius 2 is 2.03 bits per heavy atom. The highest BCUT2D eigenvalue weighted by Crippen LogP contribution is 2.42. The first-order chi connectivity index (χ1) is 16.6. The van der Waals surface area contributed by atoms with Gasteiger partial charge in [-0.1, -0.05) is 6.92 Å². The molecule has 0 radical (unpaired) electrons. The fourth-order valence-corrected chi connectivity index (χ4v) is 5.07. The van der Waals surface area contributed by atoms with Crippen LogP contribution in [0.4, 0.5) is 14.5 Å². The van der Waals surface area contributed by atoms with Crippen molar-refractivity contribution < 1.29 is 22.3 Å². The predicted octanol–water partition coefficient (Wildman–Crippen LogP) is 1.78. The molecule has 4 rings (SSSR count). The van der Waals surface area contributed by atoms with E-state index in [-0.39, 0.29) is 11.3 Å². The number of anilines is 1. The van der Waals surface area contributed by atoms with Crippen LogP contribution < -0.4 is 20.7 Å². The Morgan fingerprint density at radius 3 is 2.74 bits per heavy atom. The van der Waals surface area contributed by atoms with Gasteiger partial charge in [0, 0.05) is 30.1 Å². The summed E-state index contributed by atoms with van der Waals surface area (Å²) >= 11 is 0. The van der Waals surface area contributed by atoms with E-state index in [4.69, 9.17) is 0 Å². The number of hydrogen-bond acceptors (Lipinski definition) is 9. The number of aromatic nitrogens is 2. The Labute approximate surface area is 201 Å². The fraction of sp³-hybridized carbons (Fsp3) is 0.318. The van der Waals surface area contributed by atoms with Crippen LogP contribution >= 0.6 is 0 Å². The summed E-state index contributed by atoms with van der Waals surface area (Å²) in [6, 6.07) is 3.67. The maximum atomic E-state index is 15.3. The third-order valence-corrected chi connectivity index (χ3v) is 7.09. The largest absolute Gasteiger partial charge is 0.383 e. The minimum absolute atomic E-state index is 0.165. The van der Waals surface area contributed by atoms with Crippen LogP contribution in [0.25, 0.3) is 0 Å². The molecule has 13 heteroatoms. The van der Waals surface area contributed by atoms with E-state index in [0.29, 0.717) is 24.4 Å². The molecule has 3 heterocycles. The molecule has 0 saturated carbocycles. The van der Waals surface area contributed by atoms with Gasteiger partial charge in [0.1, 0.15) is 17.7 Å². The molecule has 0 aliphatic carbocycles. The van der Waals surface area contributed by atoms with Crippen molar-refractivity contribution in [2.24, 2.45) is 4.99 Å². The quantitative estimate of drug-likeness (QED) is 0.347. The number of sulfonamides is 1. The number of rotatable bonds is 9. The summed E-state index contributed by atoms with van der Waals surface area (Å²) in [5, 5.41) is 27.9. The fourth-order valence-electron chi connectivity index (χ4n) is 3.94. The van der Waals surface area contributed by atoms with Crippen LogP contribution in [-0.2, 0) is 16.6 Å². The van der Waals surface area contributed by atoms with Gasteiger partial charge >= 0.3 is 0 Å². The molecule has 2 aliphatic rings. The van der Waals surface area contributed by atoms with Crippen molar-refractivity contribution in [3.05, 3.63) is 76.5 Å². The SMILES string of the molecule is CCCS(=O)(=O)Nc1ccc(F)c(C(O)C2=CNC3(C)N=CNC(NCc4ccnnc4)=C23)c1F. The number of nitrogens with one attached hydrogen (secondary N) is 4. The van der Waals surface area contributed by atoms with Crippen molar-refractivity contribution in [3.63, 3.8) is 0 Å². The molecule has 0 fully saturated rings. The summed E-state index contributed by atoms with van der Waals surface area (Å²) < 4.78 is 56.5. The molecule has 2 unspecified atom stereocenters. The number of aliphatic hydroxyl groups is 1. The van der Waals surface area contributed by atoms with Gasteiger partial charge in [-0.15, -0.1) is 0 Å². The molecule has 2 aliphatic heterocycles. The zero-order valence-corrected chi connectivity index (χ0v) is 19.8. The molecule has 0 bridgehead atoms. The minimum Gasteiger partial charge on any atom is -0.383 e. The average molecular weight is 506 g/mol. The molecule has 186 valence electrons. The normalized spacial score (nSPS) is 20.0. The molecule has 10 nitrogen and oxygen atoms in total. The smallest absolute Gasteiger partial charge is 0.232 e. The zero-order chi connectivity index (χ0) is 25.2. The molecular weight excluding hydrogens is 480 g/mol. The van der Waals surface area contributed by atoms with E-state index in [1.807, 2.05) is 0 Å². The Bertz CT molecular complexity index is 1320. The molecule has 2 aromatic rings. The summed E-state index contributed by atoms with van der Waals surface area (Å²) in [5.41, 5.74) is -0.684. The van der Waals surface area contributed by atoms with Gasteiger partial charge in [0.2, 0.25) is 10.0 Å². The van der Waals surface area contributed by atoms with Gasteiger partial charge in [-0.3, -0.25) is 4.72 Å². The first-order valence-corrected chi connectivity index (χ1v) is 12.5. The first-order valence-electron chi connectivity index (χ1n) is 10.8. The van der Waals surface area contributed by atoms with Gasteiger partial charge in [-0.25, -0.2) is 22.2 Å². The van der Waals surface area contributed by atoms with Gasteiger partial charge in [0.05, 0.1) is 29.5 Å². The number of benzene rings is 1. The highest BCUT2D eigenvalue weighted by Gasteiger charge is 2.42. The number of nitrogens with zero attached hydrogens (tertiary/aromatic N) is 3. The summed E-state index contributed by atoms with van der Waals surface area (Å²) in [6.45, 7) is 3.76. The molecule has 1 aromatic carbocycles. The summed E-state index contributed by atoms with van der Waals surface area (Å²) in [4.78, 5) is 4.38. The van der Waals surface area contributed by atoms with Crippen LogP contribution in [0.2, 0.25) is 0 Å². The third-order valence-electron chi connectivity index (χ3n) is 5.61. The number of fused-ring (bicyclic) bond motifs is 1. The summed E-state index contributed by atoms with van der Waals surface area (Å²) in [5.74, 6) is -1.98. The highest BCUT2D eigenvalue weighted by atomic mass is 32.2. The van der Waals surface area contributed by atoms with Crippen LogP contribution in [-0.4, -0.2) is 41.5 Å². The van der Waals surface area contributed by atoms with E-state index >= 15 is 4.39 Å². The molecule has 5 N–H and O–H groups in total. The maximum absolute atomic E-state index is 15.3. The Kier molecular flexibility index (Phi) is 6.72. The lowest BCUT2D eigenvalue weighted by Crippen LogP contribution is -2.44. The molecular formula is C22H25F2N7O3S. The Hall–Kier alpha value is -3.58. The predicted molar refractivity (Wildman–Crippen MR) is 126 cm³/mol. The van der Waals surface area contributed by atoms with Gasteiger partial charge in [0.15, 0.2) is 11.5 Å². The lowest BCUT2D eigenvalue weighted by atomic mass is 9.90. The zero-order valence-electron chi connectivity index (χ0n) is 19.0. The second-order valence-electron chi connectivity index (χ2n) is 8.22. The van der Waals surface area contributed by atoms with E-state index in [1.54, 1.807) is 32.3 Å². The van der Waals surface area contributed by atoms with Crippen molar-refractivity contribution >= 4 is 22.0 Å². The van der Waals surface area contributed by atoms with Gasteiger partial charge < -0.3 is 21.1 Å². The van der Waals surface area contributed by atoms with E-state index in [9.17, 15) is 17.9 Å². The van der Waals surface area contributed by atoms with Gasteiger partial charge in [-0.05, 0) is 37.1 Å². The molecule has 0 saturated heterocycles. The van der Waals surface area contributed by atoms with Gasteiger partial charge in [-0.2, -0.15) is 10.2 Å². The van der Waals surface area contributed by atoms with Crippen molar-refractivity contribution in [2.75, 3.05) is 10.5 Å². The summed E-state index contributed by atoms with van der Waals surface area (Å²) in [6.07, 6.45) is 4.60. The molecule has 0 amide bonds. The Balaban J connectivity index is 1.69. The monoisotopic (exact) mass is 505 g/mol. The van der Waals surface area contributed by atoms with E-state index in [2.05, 4.69) is 35.9 Å². The van der Waals surface area contributed by atoms with E-state index in [1.165, 1.54) is 12.5 Å². The lowest BCUT2D eigenvalue weighted by molar-refractivity contribution is 0.206. The van der Waals surface area contributed by atoms with Crippen LogP contribution in [0.5, 0.6) is 0 Å². The minimum atomic E-state index is -3.83. The van der Waals surface area contributed by atoms with Crippen molar-refractivity contribution in [3.8, 4) is 0 Å². The first kappa shape index (κ1) is 24.5.